The van der Waals surface area contributed by atoms with Gasteiger partial charge in [-0.3, -0.25) is 0 Å². The summed E-state index contributed by atoms with van der Waals surface area (Å²) in [4.78, 5) is 0. The number of halogens is 1. The van der Waals surface area contributed by atoms with Crippen molar-refractivity contribution in [2.75, 3.05) is 13.2 Å². The summed E-state index contributed by atoms with van der Waals surface area (Å²) in [5, 5.41) is 20.5. The van der Waals surface area contributed by atoms with Crippen LogP contribution in [0.4, 0.5) is 0 Å². The highest BCUT2D eigenvalue weighted by atomic mass is 35.5. The zero-order valence-electron chi connectivity index (χ0n) is 12.4. The van der Waals surface area contributed by atoms with E-state index in [9.17, 15) is 10.2 Å². The quantitative estimate of drug-likeness (QED) is 0.888. The van der Waals surface area contributed by atoms with Gasteiger partial charge in [0.2, 0.25) is 0 Å². The maximum atomic E-state index is 9.96. The van der Waals surface area contributed by atoms with Gasteiger partial charge in [-0.05, 0) is 43.0 Å². The molecule has 0 aliphatic heterocycles. The summed E-state index contributed by atoms with van der Waals surface area (Å²) >= 11 is 6.28. The molecular weight excluding hydrogens is 284 g/mol. The molecular formula is C18H21ClO2. The summed E-state index contributed by atoms with van der Waals surface area (Å²) < 4.78 is 0. The molecule has 2 aromatic carbocycles. The van der Waals surface area contributed by atoms with Gasteiger partial charge in [0.1, 0.15) is 0 Å². The van der Waals surface area contributed by atoms with E-state index in [4.69, 9.17) is 11.6 Å². The molecule has 0 unspecified atom stereocenters. The van der Waals surface area contributed by atoms with Crippen LogP contribution in [0.2, 0.25) is 5.02 Å². The SMILES string of the molecule is Cc1ccc(C)c(CC(CO)(CO)c2ccccc2Cl)c1. The Morgan fingerprint density at radius 3 is 2.29 bits per heavy atom. The van der Waals surface area contributed by atoms with E-state index in [-0.39, 0.29) is 13.2 Å². The van der Waals surface area contributed by atoms with Crippen LogP contribution in [0.3, 0.4) is 0 Å². The molecule has 0 amide bonds. The van der Waals surface area contributed by atoms with Crippen molar-refractivity contribution >= 4 is 11.6 Å². The van der Waals surface area contributed by atoms with Gasteiger partial charge in [0.15, 0.2) is 0 Å². The number of aryl methyl sites for hydroxylation is 2. The Morgan fingerprint density at radius 2 is 1.67 bits per heavy atom. The molecule has 2 N–H and O–H groups in total. The average Bonchev–Trinajstić information content (AvgIpc) is 2.49. The molecule has 0 aliphatic rings. The largest absolute Gasteiger partial charge is 0.395 e. The van der Waals surface area contributed by atoms with Crippen LogP contribution in [0.1, 0.15) is 22.3 Å². The first-order chi connectivity index (χ1) is 10.0. The Bertz CT molecular complexity index is 618. The first kappa shape index (κ1) is 16.0. The first-order valence-electron chi connectivity index (χ1n) is 7.05. The molecule has 0 aromatic heterocycles. The summed E-state index contributed by atoms with van der Waals surface area (Å²) in [5.41, 5.74) is 3.46. The van der Waals surface area contributed by atoms with E-state index in [1.54, 1.807) is 6.07 Å². The van der Waals surface area contributed by atoms with Gasteiger partial charge < -0.3 is 10.2 Å². The van der Waals surface area contributed by atoms with E-state index < -0.39 is 5.41 Å². The van der Waals surface area contributed by atoms with Crippen LogP contribution in [0.25, 0.3) is 0 Å². The lowest BCUT2D eigenvalue weighted by Gasteiger charge is -2.32. The van der Waals surface area contributed by atoms with Crippen molar-refractivity contribution in [3.05, 3.63) is 69.7 Å². The third-order valence-corrected chi connectivity index (χ3v) is 4.41. The number of aliphatic hydroxyl groups is 2. The van der Waals surface area contributed by atoms with Crippen LogP contribution in [-0.2, 0) is 11.8 Å². The number of aliphatic hydroxyl groups excluding tert-OH is 2. The molecule has 112 valence electrons. The summed E-state index contributed by atoms with van der Waals surface area (Å²) in [6.07, 6.45) is 0.553. The summed E-state index contributed by atoms with van der Waals surface area (Å²) in [6.45, 7) is 3.78. The van der Waals surface area contributed by atoms with E-state index >= 15 is 0 Å². The van der Waals surface area contributed by atoms with Crippen LogP contribution in [0.15, 0.2) is 42.5 Å². The summed E-state index contributed by atoms with van der Waals surface area (Å²) in [7, 11) is 0. The standard InChI is InChI=1S/C18H21ClO2/c1-13-7-8-14(2)15(9-13)10-18(11-20,12-21)16-5-3-4-6-17(16)19/h3-9,20-21H,10-12H2,1-2H3. The number of rotatable bonds is 5. The molecule has 2 rings (SSSR count). The second kappa shape index (κ2) is 6.61. The van der Waals surface area contributed by atoms with Crippen molar-refractivity contribution in [1.82, 2.24) is 0 Å². The molecule has 0 fully saturated rings. The van der Waals surface area contributed by atoms with Crippen LogP contribution in [0.5, 0.6) is 0 Å². The Hall–Kier alpha value is -1.35. The predicted octanol–water partition coefficient (Wildman–Crippen LogP) is 3.42. The van der Waals surface area contributed by atoms with Gasteiger partial charge in [0.05, 0.1) is 13.2 Å². The fraction of sp³-hybridized carbons (Fsp3) is 0.333. The second-order valence-electron chi connectivity index (χ2n) is 5.68. The topological polar surface area (TPSA) is 40.5 Å². The normalized spacial score (nSPS) is 11.7. The minimum absolute atomic E-state index is 0.152. The van der Waals surface area contributed by atoms with E-state index in [0.717, 1.165) is 16.7 Å². The van der Waals surface area contributed by atoms with E-state index in [0.29, 0.717) is 11.4 Å². The van der Waals surface area contributed by atoms with Gasteiger partial charge in [-0.2, -0.15) is 0 Å². The number of hydrogen-bond donors (Lipinski definition) is 2. The molecule has 0 heterocycles. The average molecular weight is 305 g/mol. The lowest BCUT2D eigenvalue weighted by Crippen LogP contribution is -2.37. The number of benzene rings is 2. The van der Waals surface area contributed by atoms with Crippen molar-refractivity contribution in [2.24, 2.45) is 0 Å². The molecule has 21 heavy (non-hydrogen) atoms. The third kappa shape index (κ3) is 3.29. The molecule has 2 nitrogen and oxygen atoms in total. The van der Waals surface area contributed by atoms with Crippen LogP contribution in [-0.4, -0.2) is 23.4 Å². The minimum Gasteiger partial charge on any atom is -0.395 e. The molecule has 0 spiro atoms. The minimum atomic E-state index is -0.767. The molecule has 0 atom stereocenters. The maximum absolute atomic E-state index is 9.96. The molecule has 3 heteroatoms. The molecule has 0 saturated carbocycles. The van der Waals surface area contributed by atoms with Crippen LogP contribution < -0.4 is 0 Å². The van der Waals surface area contributed by atoms with E-state index in [1.807, 2.05) is 32.0 Å². The molecule has 0 bridgehead atoms. The fourth-order valence-electron chi connectivity index (χ4n) is 2.67. The highest BCUT2D eigenvalue weighted by molar-refractivity contribution is 6.31. The predicted molar refractivity (Wildman–Crippen MR) is 86.9 cm³/mol. The lowest BCUT2D eigenvalue weighted by atomic mass is 9.76. The Labute approximate surface area is 131 Å². The maximum Gasteiger partial charge on any atom is 0.0553 e. The molecule has 0 saturated heterocycles. The highest BCUT2D eigenvalue weighted by Crippen LogP contribution is 2.34. The lowest BCUT2D eigenvalue weighted by molar-refractivity contribution is 0.116. The summed E-state index contributed by atoms with van der Waals surface area (Å²) in [6, 6.07) is 13.6. The molecule has 0 aliphatic carbocycles. The fourth-order valence-corrected chi connectivity index (χ4v) is 3.01. The smallest absolute Gasteiger partial charge is 0.0553 e. The molecule has 0 radical (unpaired) electrons. The van der Waals surface area contributed by atoms with Gasteiger partial charge in [-0.1, -0.05) is 53.6 Å². The van der Waals surface area contributed by atoms with Crippen molar-refractivity contribution in [3.63, 3.8) is 0 Å². The zero-order chi connectivity index (χ0) is 15.5. The monoisotopic (exact) mass is 304 g/mol. The highest BCUT2D eigenvalue weighted by Gasteiger charge is 2.33. The van der Waals surface area contributed by atoms with Crippen molar-refractivity contribution in [3.8, 4) is 0 Å². The Kier molecular flexibility index (Phi) is 5.04. The van der Waals surface area contributed by atoms with Gasteiger partial charge in [-0.15, -0.1) is 0 Å². The van der Waals surface area contributed by atoms with Crippen molar-refractivity contribution < 1.29 is 10.2 Å². The van der Waals surface area contributed by atoms with Crippen molar-refractivity contribution in [2.45, 2.75) is 25.7 Å². The Balaban J connectivity index is 2.48. The van der Waals surface area contributed by atoms with Crippen molar-refractivity contribution in [1.29, 1.82) is 0 Å². The van der Waals surface area contributed by atoms with E-state index in [1.165, 1.54) is 5.56 Å². The van der Waals surface area contributed by atoms with Crippen LogP contribution >= 0.6 is 11.6 Å². The van der Waals surface area contributed by atoms with Gasteiger partial charge in [0.25, 0.3) is 0 Å². The summed E-state index contributed by atoms with van der Waals surface area (Å²) in [5.74, 6) is 0. The first-order valence-corrected chi connectivity index (χ1v) is 7.43. The molecule has 2 aromatic rings. The second-order valence-corrected chi connectivity index (χ2v) is 6.09. The van der Waals surface area contributed by atoms with Gasteiger partial charge in [-0.25, -0.2) is 0 Å². The van der Waals surface area contributed by atoms with Gasteiger partial charge >= 0.3 is 0 Å². The van der Waals surface area contributed by atoms with E-state index in [2.05, 4.69) is 18.2 Å². The van der Waals surface area contributed by atoms with Crippen LogP contribution in [0, 0.1) is 13.8 Å². The van der Waals surface area contributed by atoms with Gasteiger partial charge in [0, 0.05) is 10.4 Å². The number of hydrogen-bond acceptors (Lipinski definition) is 2. The Morgan fingerprint density at radius 1 is 1.00 bits per heavy atom. The third-order valence-electron chi connectivity index (χ3n) is 4.08. The zero-order valence-corrected chi connectivity index (χ0v) is 13.2.